The first-order valence-corrected chi connectivity index (χ1v) is 11.3. The Balaban J connectivity index is 1.47. The maximum atomic E-state index is 12.7. The molecule has 0 saturated carbocycles. The molecule has 2 aromatic rings. The van der Waals surface area contributed by atoms with Crippen LogP contribution in [0.15, 0.2) is 53.5 Å². The van der Waals surface area contributed by atoms with Crippen molar-refractivity contribution in [2.45, 2.75) is 12.8 Å². The van der Waals surface area contributed by atoms with E-state index >= 15 is 0 Å². The summed E-state index contributed by atoms with van der Waals surface area (Å²) in [7, 11) is -1.71. The van der Waals surface area contributed by atoms with E-state index in [9.17, 15) is 8.42 Å². The van der Waals surface area contributed by atoms with Gasteiger partial charge in [0.15, 0.2) is 5.96 Å². The Kier molecular flexibility index (Phi) is 6.80. The number of sulfonamides is 1. The Morgan fingerprint density at radius 1 is 1.11 bits per heavy atom. The molecule has 1 aliphatic heterocycles. The highest BCUT2D eigenvalue weighted by molar-refractivity contribution is 7.92. The number of anilines is 1. The van der Waals surface area contributed by atoms with E-state index in [1.165, 1.54) is 4.31 Å². The summed E-state index contributed by atoms with van der Waals surface area (Å²) < 4.78 is 26.9. The van der Waals surface area contributed by atoms with Crippen molar-refractivity contribution in [2.75, 3.05) is 36.7 Å². The lowest BCUT2D eigenvalue weighted by Crippen LogP contribution is -2.42. The van der Waals surface area contributed by atoms with Crippen LogP contribution in [-0.4, -0.2) is 46.8 Å². The third-order valence-electron chi connectivity index (χ3n) is 4.70. The van der Waals surface area contributed by atoms with Gasteiger partial charge in [0.25, 0.3) is 0 Å². The van der Waals surface area contributed by atoms with E-state index in [1.54, 1.807) is 7.05 Å². The van der Waals surface area contributed by atoms with Gasteiger partial charge in [0.1, 0.15) is 0 Å². The van der Waals surface area contributed by atoms with Crippen LogP contribution in [0, 0.1) is 0 Å². The molecule has 0 spiro atoms. The van der Waals surface area contributed by atoms with Crippen LogP contribution in [0.5, 0.6) is 0 Å². The van der Waals surface area contributed by atoms with Crippen LogP contribution < -0.4 is 14.9 Å². The number of guanidine groups is 1. The van der Waals surface area contributed by atoms with E-state index in [0.29, 0.717) is 19.0 Å². The highest BCUT2D eigenvalue weighted by Crippen LogP contribution is 2.29. The Labute approximate surface area is 171 Å². The van der Waals surface area contributed by atoms with Crippen LogP contribution >= 0.6 is 11.6 Å². The number of nitrogens with zero attached hydrogens (tertiary/aromatic N) is 2. The second kappa shape index (κ2) is 9.30. The van der Waals surface area contributed by atoms with E-state index in [2.05, 4.69) is 15.6 Å². The molecule has 0 fully saturated rings. The molecule has 0 atom stereocenters. The fraction of sp³-hybridized carbons (Fsp3) is 0.350. The lowest BCUT2D eigenvalue weighted by molar-refractivity contribution is 0.591. The van der Waals surface area contributed by atoms with Gasteiger partial charge in [-0.15, -0.1) is 0 Å². The van der Waals surface area contributed by atoms with E-state index in [1.807, 2.05) is 48.5 Å². The minimum absolute atomic E-state index is 0.00650. The summed E-state index contributed by atoms with van der Waals surface area (Å²) in [6, 6.07) is 15.4. The average molecular weight is 421 g/mol. The molecule has 0 saturated heterocycles. The Morgan fingerprint density at radius 2 is 1.82 bits per heavy atom. The number of para-hydroxylation sites is 1. The van der Waals surface area contributed by atoms with E-state index in [0.717, 1.165) is 34.7 Å². The molecule has 150 valence electrons. The first kappa shape index (κ1) is 20.5. The fourth-order valence-electron chi connectivity index (χ4n) is 3.24. The molecule has 1 aliphatic rings. The van der Waals surface area contributed by atoms with Gasteiger partial charge in [0.2, 0.25) is 10.0 Å². The number of hydrogen-bond acceptors (Lipinski definition) is 3. The summed E-state index contributed by atoms with van der Waals surface area (Å²) in [5.74, 6) is 0.580. The summed E-state index contributed by atoms with van der Waals surface area (Å²) in [4.78, 5) is 4.15. The predicted molar refractivity (Wildman–Crippen MR) is 116 cm³/mol. The van der Waals surface area contributed by atoms with Crippen LogP contribution in [0.4, 0.5) is 5.69 Å². The Morgan fingerprint density at radius 3 is 2.61 bits per heavy atom. The van der Waals surface area contributed by atoms with Crippen molar-refractivity contribution in [3.63, 3.8) is 0 Å². The molecule has 8 heteroatoms. The number of benzene rings is 2. The third-order valence-corrected chi connectivity index (χ3v) is 6.84. The normalized spacial score (nSPS) is 14.1. The van der Waals surface area contributed by atoms with E-state index in [4.69, 9.17) is 11.6 Å². The van der Waals surface area contributed by atoms with Crippen LogP contribution in [-0.2, 0) is 22.9 Å². The van der Waals surface area contributed by atoms with Gasteiger partial charge in [0, 0.05) is 31.7 Å². The fourth-order valence-corrected chi connectivity index (χ4v) is 4.90. The van der Waals surface area contributed by atoms with Crippen molar-refractivity contribution in [1.82, 2.24) is 10.6 Å². The average Bonchev–Trinajstić information content (AvgIpc) is 3.13. The van der Waals surface area contributed by atoms with Gasteiger partial charge in [-0.1, -0.05) is 48.0 Å². The number of halogens is 1. The van der Waals surface area contributed by atoms with Crippen LogP contribution in [0.1, 0.15) is 11.1 Å². The largest absolute Gasteiger partial charge is 0.356 e. The zero-order valence-corrected chi connectivity index (χ0v) is 17.4. The van der Waals surface area contributed by atoms with Gasteiger partial charge in [-0.3, -0.25) is 9.30 Å². The molecular weight excluding hydrogens is 396 g/mol. The molecule has 2 aromatic carbocycles. The molecule has 0 amide bonds. The first-order chi connectivity index (χ1) is 13.5. The van der Waals surface area contributed by atoms with Gasteiger partial charge < -0.3 is 10.6 Å². The lowest BCUT2D eigenvalue weighted by Gasteiger charge is -2.20. The summed E-state index contributed by atoms with van der Waals surface area (Å²) in [6.07, 6.45) is 1.51. The molecular formula is C20H25ClN4O2S. The second-order valence-electron chi connectivity index (χ2n) is 6.53. The molecule has 0 radical (unpaired) electrons. The molecule has 3 rings (SSSR count). The monoisotopic (exact) mass is 420 g/mol. The van der Waals surface area contributed by atoms with Crippen LogP contribution in [0.25, 0.3) is 0 Å². The van der Waals surface area contributed by atoms with Gasteiger partial charge in [-0.05, 0) is 36.1 Å². The van der Waals surface area contributed by atoms with Gasteiger partial charge in [-0.25, -0.2) is 8.42 Å². The SMILES string of the molecule is CN=C(NCCc1ccccc1Cl)NCCS(=O)(=O)N1CCc2ccccc21. The number of nitrogens with one attached hydrogen (secondary N) is 2. The summed E-state index contributed by atoms with van der Waals surface area (Å²) >= 11 is 6.16. The van der Waals surface area contributed by atoms with Crippen molar-refractivity contribution < 1.29 is 8.42 Å². The maximum absolute atomic E-state index is 12.7. The Hall–Kier alpha value is -2.25. The topological polar surface area (TPSA) is 73.8 Å². The zero-order chi connectivity index (χ0) is 20.0. The molecule has 28 heavy (non-hydrogen) atoms. The minimum Gasteiger partial charge on any atom is -0.356 e. The molecule has 1 heterocycles. The number of aliphatic imine (C=N–C) groups is 1. The van der Waals surface area contributed by atoms with E-state index < -0.39 is 10.0 Å². The van der Waals surface area contributed by atoms with Crippen LogP contribution in [0.2, 0.25) is 5.02 Å². The summed E-state index contributed by atoms with van der Waals surface area (Å²) in [5, 5.41) is 7.00. The van der Waals surface area contributed by atoms with Crippen molar-refractivity contribution in [1.29, 1.82) is 0 Å². The second-order valence-corrected chi connectivity index (χ2v) is 8.95. The predicted octanol–water partition coefficient (Wildman–Crippen LogP) is 2.44. The molecule has 6 nitrogen and oxygen atoms in total. The highest BCUT2D eigenvalue weighted by atomic mass is 35.5. The van der Waals surface area contributed by atoms with Gasteiger partial charge in [0.05, 0.1) is 11.4 Å². The van der Waals surface area contributed by atoms with Crippen molar-refractivity contribution in [2.24, 2.45) is 4.99 Å². The number of rotatable bonds is 7. The number of hydrogen-bond donors (Lipinski definition) is 2. The molecule has 0 aliphatic carbocycles. The smallest absolute Gasteiger partial charge is 0.236 e. The quantitative estimate of drug-likeness (QED) is 0.533. The molecule has 0 bridgehead atoms. The minimum atomic E-state index is -3.38. The van der Waals surface area contributed by atoms with Gasteiger partial charge >= 0.3 is 0 Å². The van der Waals surface area contributed by atoms with Crippen molar-refractivity contribution in [3.05, 3.63) is 64.7 Å². The van der Waals surface area contributed by atoms with Gasteiger partial charge in [-0.2, -0.15) is 0 Å². The highest BCUT2D eigenvalue weighted by Gasteiger charge is 2.28. The summed E-state index contributed by atoms with van der Waals surface area (Å²) in [6.45, 7) is 1.44. The summed E-state index contributed by atoms with van der Waals surface area (Å²) in [5.41, 5.74) is 2.93. The Bertz CT molecular complexity index is 947. The third kappa shape index (κ3) is 4.97. The maximum Gasteiger partial charge on any atom is 0.236 e. The molecule has 2 N–H and O–H groups in total. The first-order valence-electron chi connectivity index (χ1n) is 9.27. The van der Waals surface area contributed by atoms with Crippen molar-refractivity contribution >= 4 is 33.3 Å². The number of fused-ring (bicyclic) bond motifs is 1. The molecule has 0 unspecified atom stereocenters. The van der Waals surface area contributed by atoms with E-state index in [-0.39, 0.29) is 12.3 Å². The van der Waals surface area contributed by atoms with Crippen molar-refractivity contribution in [3.8, 4) is 0 Å². The lowest BCUT2D eigenvalue weighted by atomic mass is 10.1. The van der Waals surface area contributed by atoms with Crippen LogP contribution in [0.3, 0.4) is 0 Å². The zero-order valence-electron chi connectivity index (χ0n) is 15.9. The standard InChI is InChI=1S/C20H25ClN4O2S/c1-22-20(23-12-10-16-6-2-4-8-18(16)21)24-13-15-28(26,27)25-14-11-17-7-3-5-9-19(17)25/h2-9H,10-15H2,1H3,(H2,22,23,24). The molecule has 0 aromatic heterocycles.